The van der Waals surface area contributed by atoms with Crippen LogP contribution in [0.3, 0.4) is 0 Å². The van der Waals surface area contributed by atoms with Gasteiger partial charge in [0.1, 0.15) is 0 Å². The van der Waals surface area contributed by atoms with E-state index in [0.29, 0.717) is 11.4 Å². The molecule has 1 fully saturated rings. The molecule has 1 atom stereocenters. The molecule has 1 saturated carbocycles. The Bertz CT molecular complexity index is 560. The van der Waals surface area contributed by atoms with Crippen molar-refractivity contribution in [3.8, 4) is 0 Å². The minimum Gasteiger partial charge on any atom is -0.352 e. The molecule has 0 spiro atoms. The topological polar surface area (TPSA) is 77.1 Å². The zero-order valence-electron chi connectivity index (χ0n) is 11.8. The van der Waals surface area contributed by atoms with Gasteiger partial charge in [0.2, 0.25) is 10.0 Å². The van der Waals surface area contributed by atoms with Crippen LogP contribution in [0.25, 0.3) is 0 Å². The lowest BCUT2D eigenvalue weighted by Crippen LogP contribution is -2.41. The molecule has 0 saturated heterocycles. The van der Waals surface area contributed by atoms with Crippen molar-refractivity contribution in [1.29, 1.82) is 0 Å². The molecule has 0 amide bonds. The van der Waals surface area contributed by atoms with Gasteiger partial charge in [-0.25, -0.2) is 13.1 Å². The third-order valence-electron chi connectivity index (χ3n) is 4.16. The van der Waals surface area contributed by atoms with Gasteiger partial charge in [-0.2, -0.15) is 0 Å². The molecule has 19 heavy (non-hydrogen) atoms. The van der Waals surface area contributed by atoms with Crippen LogP contribution in [0.2, 0.25) is 0 Å². The lowest BCUT2D eigenvalue weighted by atomic mass is 9.88. The van der Waals surface area contributed by atoms with Crippen molar-refractivity contribution in [2.24, 2.45) is 18.2 Å². The van der Waals surface area contributed by atoms with E-state index in [4.69, 9.17) is 5.73 Å². The number of rotatable bonds is 4. The van der Waals surface area contributed by atoms with Crippen LogP contribution in [0, 0.1) is 5.41 Å². The Morgan fingerprint density at radius 3 is 2.68 bits per heavy atom. The Morgan fingerprint density at radius 1 is 1.53 bits per heavy atom. The SMILES string of the molecule is Cn1cc(S(=O)(=O)NC2CCCC2(C)C)cc1CN. The molecule has 0 aliphatic heterocycles. The lowest BCUT2D eigenvalue weighted by molar-refractivity contribution is 0.313. The van der Waals surface area contributed by atoms with E-state index in [9.17, 15) is 8.42 Å². The molecule has 1 aromatic rings. The molecule has 0 aromatic carbocycles. The van der Waals surface area contributed by atoms with Crippen molar-refractivity contribution in [2.75, 3.05) is 0 Å². The Labute approximate surface area is 115 Å². The van der Waals surface area contributed by atoms with Gasteiger partial charge in [0.15, 0.2) is 0 Å². The molecule has 1 aromatic heterocycles. The molecule has 6 heteroatoms. The number of nitrogens with zero attached hydrogens (tertiary/aromatic N) is 1. The zero-order chi connectivity index (χ0) is 14.3. The predicted octanol–water partition coefficient (Wildman–Crippen LogP) is 1.34. The highest BCUT2D eigenvalue weighted by atomic mass is 32.2. The molecule has 5 nitrogen and oxygen atoms in total. The van der Waals surface area contributed by atoms with Crippen LogP contribution in [0.1, 0.15) is 38.8 Å². The standard InChI is InChI=1S/C13H23N3O2S/c1-13(2)6-4-5-12(13)15-19(17,18)11-7-10(8-14)16(3)9-11/h7,9,12,15H,4-6,8,14H2,1-3H3. The molecule has 108 valence electrons. The molecular weight excluding hydrogens is 262 g/mol. The van der Waals surface area contributed by atoms with Crippen LogP contribution in [0.15, 0.2) is 17.2 Å². The number of sulfonamides is 1. The van der Waals surface area contributed by atoms with Crippen LogP contribution >= 0.6 is 0 Å². The maximum Gasteiger partial charge on any atom is 0.242 e. The van der Waals surface area contributed by atoms with Crippen LogP contribution in [0.4, 0.5) is 0 Å². The van der Waals surface area contributed by atoms with Crippen molar-refractivity contribution in [1.82, 2.24) is 9.29 Å². The van der Waals surface area contributed by atoms with Crippen LogP contribution in [-0.4, -0.2) is 19.0 Å². The molecule has 1 unspecified atom stereocenters. The third-order valence-corrected chi connectivity index (χ3v) is 5.60. The van der Waals surface area contributed by atoms with Crippen LogP contribution in [0.5, 0.6) is 0 Å². The molecule has 0 radical (unpaired) electrons. The average Bonchev–Trinajstić information content (AvgIpc) is 2.83. The number of nitrogens with one attached hydrogen (secondary N) is 1. The van der Waals surface area contributed by atoms with Crippen LogP contribution < -0.4 is 10.5 Å². The molecule has 1 aliphatic carbocycles. The normalized spacial score (nSPS) is 22.8. The van der Waals surface area contributed by atoms with E-state index in [1.807, 2.05) is 0 Å². The highest BCUT2D eigenvalue weighted by Gasteiger charge is 2.37. The second-order valence-corrected chi connectivity index (χ2v) is 7.75. The number of aromatic nitrogens is 1. The van der Waals surface area contributed by atoms with E-state index in [1.54, 1.807) is 23.9 Å². The number of hydrogen-bond acceptors (Lipinski definition) is 3. The third kappa shape index (κ3) is 2.85. The molecular formula is C13H23N3O2S. The van der Waals surface area contributed by atoms with Crippen LogP contribution in [-0.2, 0) is 23.6 Å². The fourth-order valence-corrected chi connectivity index (χ4v) is 4.26. The van der Waals surface area contributed by atoms with Gasteiger partial charge in [-0.3, -0.25) is 0 Å². The summed E-state index contributed by atoms with van der Waals surface area (Å²) in [4.78, 5) is 0.304. The van der Waals surface area contributed by atoms with Crippen molar-refractivity contribution in [3.05, 3.63) is 18.0 Å². The van der Waals surface area contributed by atoms with E-state index in [0.717, 1.165) is 25.0 Å². The summed E-state index contributed by atoms with van der Waals surface area (Å²) in [6.45, 7) is 4.56. The van der Waals surface area contributed by atoms with Gasteiger partial charge < -0.3 is 10.3 Å². The number of aryl methyl sites for hydroxylation is 1. The van der Waals surface area contributed by atoms with Gasteiger partial charge in [-0.1, -0.05) is 20.3 Å². The molecule has 1 aliphatic rings. The van der Waals surface area contributed by atoms with E-state index in [-0.39, 0.29) is 11.5 Å². The van der Waals surface area contributed by atoms with Gasteiger partial charge in [-0.15, -0.1) is 0 Å². The summed E-state index contributed by atoms with van der Waals surface area (Å²) in [5.41, 5.74) is 6.42. The minimum absolute atomic E-state index is 0.0130. The quantitative estimate of drug-likeness (QED) is 0.876. The van der Waals surface area contributed by atoms with Crippen molar-refractivity contribution in [3.63, 3.8) is 0 Å². The first-order chi connectivity index (χ1) is 8.76. The Kier molecular flexibility index (Phi) is 3.77. The van der Waals surface area contributed by atoms with Crippen molar-refractivity contribution < 1.29 is 8.42 Å². The lowest BCUT2D eigenvalue weighted by Gasteiger charge is -2.27. The van der Waals surface area contributed by atoms with Gasteiger partial charge in [0.25, 0.3) is 0 Å². The second-order valence-electron chi connectivity index (χ2n) is 6.04. The van der Waals surface area contributed by atoms with Gasteiger partial charge in [0.05, 0.1) is 4.90 Å². The van der Waals surface area contributed by atoms with E-state index in [1.165, 1.54) is 0 Å². The average molecular weight is 285 g/mol. The summed E-state index contributed by atoms with van der Waals surface area (Å²) >= 11 is 0. The number of nitrogens with two attached hydrogens (primary N) is 1. The summed E-state index contributed by atoms with van der Waals surface area (Å²) < 4.78 is 29.4. The maximum absolute atomic E-state index is 12.4. The summed E-state index contributed by atoms with van der Waals surface area (Å²) in [5.74, 6) is 0. The summed E-state index contributed by atoms with van der Waals surface area (Å²) in [6, 6.07) is 1.66. The highest BCUT2D eigenvalue weighted by molar-refractivity contribution is 7.89. The first-order valence-corrected chi connectivity index (χ1v) is 8.12. The highest BCUT2D eigenvalue weighted by Crippen LogP contribution is 2.37. The zero-order valence-corrected chi connectivity index (χ0v) is 12.6. The fourth-order valence-electron chi connectivity index (χ4n) is 2.73. The monoisotopic (exact) mass is 285 g/mol. The van der Waals surface area contributed by atoms with Gasteiger partial charge >= 0.3 is 0 Å². The Hall–Kier alpha value is -0.850. The van der Waals surface area contributed by atoms with E-state index in [2.05, 4.69) is 18.6 Å². The molecule has 1 heterocycles. The predicted molar refractivity (Wildman–Crippen MR) is 75.0 cm³/mol. The van der Waals surface area contributed by atoms with Crippen molar-refractivity contribution >= 4 is 10.0 Å². The fraction of sp³-hybridized carbons (Fsp3) is 0.692. The minimum atomic E-state index is -3.45. The molecule has 2 rings (SSSR count). The second kappa shape index (κ2) is 4.92. The molecule has 3 N–H and O–H groups in total. The number of hydrogen-bond donors (Lipinski definition) is 2. The van der Waals surface area contributed by atoms with Gasteiger partial charge in [-0.05, 0) is 24.3 Å². The first-order valence-electron chi connectivity index (χ1n) is 6.64. The largest absolute Gasteiger partial charge is 0.352 e. The van der Waals surface area contributed by atoms with Gasteiger partial charge in [0, 0.05) is 31.5 Å². The smallest absolute Gasteiger partial charge is 0.242 e. The summed E-state index contributed by atoms with van der Waals surface area (Å²) in [7, 11) is -1.65. The Balaban J connectivity index is 2.23. The molecule has 0 bridgehead atoms. The Morgan fingerprint density at radius 2 is 2.21 bits per heavy atom. The summed E-state index contributed by atoms with van der Waals surface area (Å²) in [5, 5.41) is 0. The summed E-state index contributed by atoms with van der Waals surface area (Å²) in [6.07, 6.45) is 4.65. The van der Waals surface area contributed by atoms with Crippen molar-refractivity contribution in [2.45, 2.75) is 50.6 Å². The van der Waals surface area contributed by atoms with E-state index >= 15 is 0 Å². The maximum atomic E-state index is 12.4. The van der Waals surface area contributed by atoms with E-state index < -0.39 is 10.0 Å². The first kappa shape index (κ1) is 14.6.